The van der Waals surface area contributed by atoms with Crippen LogP contribution in [0.1, 0.15) is 22.8 Å². The fourth-order valence-electron chi connectivity index (χ4n) is 2.22. The van der Waals surface area contributed by atoms with Gasteiger partial charge in [-0.25, -0.2) is 9.59 Å². The van der Waals surface area contributed by atoms with E-state index in [2.05, 4.69) is 10.6 Å². The Morgan fingerprint density at radius 3 is 2.38 bits per heavy atom. The highest BCUT2D eigenvalue weighted by atomic mass is 16.5. The van der Waals surface area contributed by atoms with E-state index in [0.29, 0.717) is 34.9 Å². The van der Waals surface area contributed by atoms with E-state index in [1.54, 1.807) is 50.2 Å². The summed E-state index contributed by atoms with van der Waals surface area (Å²) in [6, 6.07) is 11.8. The molecule has 0 saturated heterocycles. The first-order valence-corrected chi connectivity index (χ1v) is 7.54. The van der Waals surface area contributed by atoms with Crippen molar-refractivity contribution >= 4 is 23.4 Å². The summed E-state index contributed by atoms with van der Waals surface area (Å²) < 4.78 is 10.2. The number of carbonyl (C=O) groups excluding carboxylic acids is 2. The fraction of sp³-hybridized carbons (Fsp3) is 0.222. The Morgan fingerprint density at radius 1 is 1.00 bits per heavy atom. The normalized spacial score (nSPS) is 9.96. The number of rotatable bonds is 5. The Kier molecular flexibility index (Phi) is 5.78. The van der Waals surface area contributed by atoms with Crippen LogP contribution in [0.15, 0.2) is 42.5 Å². The highest BCUT2D eigenvalue weighted by Gasteiger charge is 2.14. The Balaban J connectivity index is 2.14. The van der Waals surface area contributed by atoms with Crippen LogP contribution in [0.2, 0.25) is 0 Å². The lowest BCUT2D eigenvalue weighted by atomic mass is 10.1. The summed E-state index contributed by atoms with van der Waals surface area (Å²) in [5.41, 5.74) is 2.16. The second kappa shape index (κ2) is 8.01. The first-order valence-electron chi connectivity index (χ1n) is 7.54. The largest absolute Gasteiger partial charge is 0.495 e. The molecule has 2 amide bonds. The van der Waals surface area contributed by atoms with Crippen LogP contribution in [0.3, 0.4) is 0 Å². The van der Waals surface area contributed by atoms with Gasteiger partial charge in [0.2, 0.25) is 0 Å². The summed E-state index contributed by atoms with van der Waals surface area (Å²) in [4.78, 5) is 24.1. The molecule has 2 rings (SSSR count). The molecule has 0 fully saturated rings. The molecule has 0 bridgehead atoms. The minimum absolute atomic E-state index is 0.296. The zero-order valence-corrected chi connectivity index (χ0v) is 13.9. The maximum Gasteiger partial charge on any atom is 0.338 e. The third-order valence-electron chi connectivity index (χ3n) is 3.43. The summed E-state index contributed by atoms with van der Waals surface area (Å²) in [6.07, 6.45) is 0. The van der Waals surface area contributed by atoms with Crippen molar-refractivity contribution in [2.75, 3.05) is 24.4 Å². The van der Waals surface area contributed by atoms with Crippen LogP contribution in [-0.2, 0) is 4.74 Å². The average Bonchev–Trinajstić information content (AvgIpc) is 2.57. The molecule has 0 heterocycles. The van der Waals surface area contributed by atoms with Crippen molar-refractivity contribution in [1.29, 1.82) is 0 Å². The van der Waals surface area contributed by atoms with Crippen molar-refractivity contribution in [2.24, 2.45) is 0 Å². The fourth-order valence-corrected chi connectivity index (χ4v) is 2.22. The lowest BCUT2D eigenvalue weighted by Crippen LogP contribution is -2.21. The molecule has 0 saturated carbocycles. The lowest BCUT2D eigenvalue weighted by molar-refractivity contribution is 0.0525. The molecule has 126 valence electrons. The predicted octanol–water partition coefficient (Wildman–Crippen LogP) is 3.82. The number of nitrogens with one attached hydrogen (secondary N) is 2. The standard InChI is InChI=1S/C18H20N2O4/c1-4-24-17(21)13-8-7-10-14(12(13)2)19-18(22)20-15-9-5-6-11-16(15)23-3/h5-11H,4H2,1-3H3,(H2,19,20,22). The molecular formula is C18H20N2O4. The van der Waals surface area contributed by atoms with E-state index in [1.807, 2.05) is 6.07 Å². The van der Waals surface area contributed by atoms with Crippen molar-refractivity contribution in [2.45, 2.75) is 13.8 Å². The highest BCUT2D eigenvalue weighted by Crippen LogP contribution is 2.24. The molecule has 2 N–H and O–H groups in total. The van der Waals surface area contributed by atoms with Gasteiger partial charge >= 0.3 is 12.0 Å². The van der Waals surface area contributed by atoms with Crippen LogP contribution in [0.25, 0.3) is 0 Å². The number of hydrogen-bond donors (Lipinski definition) is 2. The molecule has 0 aliphatic rings. The molecule has 0 atom stereocenters. The topological polar surface area (TPSA) is 76.7 Å². The molecule has 24 heavy (non-hydrogen) atoms. The van der Waals surface area contributed by atoms with Crippen molar-refractivity contribution in [1.82, 2.24) is 0 Å². The first-order chi connectivity index (χ1) is 11.6. The highest BCUT2D eigenvalue weighted by molar-refractivity contribution is 6.02. The number of hydrogen-bond acceptors (Lipinski definition) is 4. The summed E-state index contributed by atoms with van der Waals surface area (Å²) in [7, 11) is 1.53. The molecular weight excluding hydrogens is 308 g/mol. The van der Waals surface area contributed by atoms with Crippen LogP contribution in [0.5, 0.6) is 5.75 Å². The SMILES string of the molecule is CCOC(=O)c1cccc(NC(=O)Nc2ccccc2OC)c1C. The van der Waals surface area contributed by atoms with E-state index in [0.717, 1.165) is 0 Å². The van der Waals surface area contributed by atoms with Gasteiger partial charge in [-0.1, -0.05) is 18.2 Å². The molecule has 0 spiro atoms. The molecule has 2 aromatic rings. The maximum atomic E-state index is 12.2. The number of esters is 1. The third-order valence-corrected chi connectivity index (χ3v) is 3.43. The summed E-state index contributed by atoms with van der Waals surface area (Å²) in [5, 5.41) is 5.45. The van der Waals surface area contributed by atoms with Gasteiger partial charge in [0.1, 0.15) is 5.75 Å². The zero-order valence-electron chi connectivity index (χ0n) is 13.9. The van der Waals surface area contributed by atoms with Crippen molar-refractivity contribution in [3.05, 3.63) is 53.6 Å². The smallest absolute Gasteiger partial charge is 0.338 e. The molecule has 0 aromatic heterocycles. The number of ether oxygens (including phenoxy) is 2. The maximum absolute atomic E-state index is 12.2. The number of anilines is 2. The van der Waals surface area contributed by atoms with Gasteiger partial charge in [-0.2, -0.15) is 0 Å². The Morgan fingerprint density at radius 2 is 1.67 bits per heavy atom. The first kappa shape index (κ1) is 17.3. The van der Waals surface area contributed by atoms with E-state index in [-0.39, 0.29) is 0 Å². The Bertz CT molecular complexity index is 744. The molecule has 0 unspecified atom stereocenters. The van der Waals surface area contributed by atoms with Gasteiger partial charge < -0.3 is 20.1 Å². The molecule has 6 nitrogen and oxygen atoms in total. The number of methoxy groups -OCH3 is 1. The minimum Gasteiger partial charge on any atom is -0.495 e. The van der Waals surface area contributed by atoms with Gasteiger partial charge in [0, 0.05) is 5.69 Å². The monoisotopic (exact) mass is 328 g/mol. The number of benzene rings is 2. The zero-order chi connectivity index (χ0) is 17.5. The summed E-state index contributed by atoms with van der Waals surface area (Å²) in [6.45, 7) is 3.80. The average molecular weight is 328 g/mol. The van der Waals surface area contributed by atoms with Crippen molar-refractivity contribution < 1.29 is 19.1 Å². The van der Waals surface area contributed by atoms with Gasteiger partial charge in [0.15, 0.2) is 0 Å². The van der Waals surface area contributed by atoms with Crippen LogP contribution in [0.4, 0.5) is 16.2 Å². The summed E-state index contributed by atoms with van der Waals surface area (Å²) in [5.74, 6) is 0.147. The second-order valence-electron chi connectivity index (χ2n) is 4.98. The summed E-state index contributed by atoms with van der Waals surface area (Å²) >= 11 is 0. The van der Waals surface area contributed by atoms with Crippen LogP contribution >= 0.6 is 0 Å². The quantitative estimate of drug-likeness (QED) is 0.818. The van der Waals surface area contributed by atoms with E-state index >= 15 is 0 Å². The van der Waals surface area contributed by atoms with Gasteiger partial charge in [0.05, 0.1) is 25.0 Å². The van der Waals surface area contributed by atoms with E-state index in [4.69, 9.17) is 9.47 Å². The number of urea groups is 1. The third kappa shape index (κ3) is 4.04. The Hall–Kier alpha value is -3.02. The van der Waals surface area contributed by atoms with Gasteiger partial charge in [-0.15, -0.1) is 0 Å². The number of amides is 2. The lowest BCUT2D eigenvalue weighted by Gasteiger charge is -2.14. The van der Waals surface area contributed by atoms with E-state index in [1.165, 1.54) is 7.11 Å². The second-order valence-corrected chi connectivity index (χ2v) is 4.98. The van der Waals surface area contributed by atoms with E-state index < -0.39 is 12.0 Å². The predicted molar refractivity (Wildman–Crippen MR) is 92.8 cm³/mol. The van der Waals surface area contributed by atoms with Crippen molar-refractivity contribution in [3.63, 3.8) is 0 Å². The molecule has 0 aliphatic carbocycles. The molecule has 0 aliphatic heterocycles. The van der Waals surface area contributed by atoms with Crippen LogP contribution < -0.4 is 15.4 Å². The number of para-hydroxylation sites is 2. The van der Waals surface area contributed by atoms with Gasteiger partial charge in [0.25, 0.3) is 0 Å². The number of carbonyl (C=O) groups is 2. The molecule has 6 heteroatoms. The van der Waals surface area contributed by atoms with E-state index in [9.17, 15) is 9.59 Å². The van der Waals surface area contributed by atoms with Crippen LogP contribution in [0, 0.1) is 6.92 Å². The Labute approximate surface area is 140 Å². The van der Waals surface area contributed by atoms with Gasteiger partial charge in [-0.3, -0.25) is 0 Å². The van der Waals surface area contributed by atoms with Crippen LogP contribution in [-0.4, -0.2) is 25.7 Å². The molecule has 0 radical (unpaired) electrons. The minimum atomic E-state index is -0.427. The van der Waals surface area contributed by atoms with Crippen molar-refractivity contribution in [3.8, 4) is 5.75 Å². The van der Waals surface area contributed by atoms with Gasteiger partial charge in [-0.05, 0) is 43.7 Å². The molecule has 2 aromatic carbocycles.